The lowest BCUT2D eigenvalue weighted by molar-refractivity contribution is -0.150. The number of aromatic nitrogens is 1. The van der Waals surface area contributed by atoms with Crippen LogP contribution in [0, 0.1) is 29.6 Å². The molecule has 0 aromatic carbocycles. The lowest BCUT2D eigenvalue weighted by Gasteiger charge is -2.52. The van der Waals surface area contributed by atoms with Gasteiger partial charge in [0.05, 0.1) is 16.9 Å². The molecule has 3 saturated carbocycles. The summed E-state index contributed by atoms with van der Waals surface area (Å²) < 4.78 is 0. The standard InChI is InChI=1S/C20H22N2O5S2/c23-10(24)7-22-17(25)11-8-6-9(12(11)18(22)26)14-13(8)20(4-2-1-3-5-20)15-16(28-14)21-19(27)29-15/h8-9,11-14H,1-7H2,(H,21,27)(H,23,24)/t8-,9-,11+,12-,13+,14-/m0/s1. The number of imide groups is 1. The van der Waals surface area contributed by atoms with Gasteiger partial charge in [0.1, 0.15) is 6.54 Å². The third kappa shape index (κ3) is 2.20. The minimum absolute atomic E-state index is 0.0141. The number of aliphatic carboxylic acids is 1. The first-order valence-electron chi connectivity index (χ1n) is 10.4. The molecule has 2 amide bonds. The van der Waals surface area contributed by atoms with Crippen LogP contribution in [-0.2, 0) is 19.8 Å². The monoisotopic (exact) mass is 434 g/mol. The molecule has 4 fully saturated rings. The highest BCUT2D eigenvalue weighted by Gasteiger charge is 2.72. The van der Waals surface area contributed by atoms with E-state index in [-0.39, 0.29) is 51.0 Å². The van der Waals surface area contributed by atoms with Crippen LogP contribution < -0.4 is 4.87 Å². The van der Waals surface area contributed by atoms with Gasteiger partial charge in [-0.3, -0.25) is 24.1 Å². The fourth-order valence-corrected chi connectivity index (χ4v) is 10.6. The molecule has 0 radical (unpaired) electrons. The Bertz CT molecular complexity index is 993. The van der Waals surface area contributed by atoms with Gasteiger partial charge in [0.15, 0.2) is 0 Å². The number of hydrogen-bond donors (Lipinski definition) is 2. The summed E-state index contributed by atoms with van der Waals surface area (Å²) in [5.41, 5.74) is -0.0682. The van der Waals surface area contributed by atoms with Crippen LogP contribution in [0.15, 0.2) is 9.82 Å². The SMILES string of the molecule is O=C(O)CN1C(=O)[C@@H]2[C@@H]3C[C@H]([C@@H]4Sc5[nH]c(=O)sc5C5(CCCCC5)[C@H]34)[C@@H]2C1=O. The second-order valence-electron chi connectivity index (χ2n) is 9.27. The summed E-state index contributed by atoms with van der Waals surface area (Å²) in [5.74, 6) is -1.98. The molecule has 6 atom stereocenters. The molecule has 3 heterocycles. The average Bonchev–Trinajstić information content (AvgIpc) is 3.41. The summed E-state index contributed by atoms with van der Waals surface area (Å²) >= 11 is 3.04. The molecule has 0 unspecified atom stereocenters. The summed E-state index contributed by atoms with van der Waals surface area (Å²) in [6, 6.07) is 0. The van der Waals surface area contributed by atoms with Crippen LogP contribution in [0.25, 0.3) is 0 Å². The number of H-pyrrole nitrogens is 1. The van der Waals surface area contributed by atoms with Crippen molar-refractivity contribution in [2.24, 2.45) is 29.6 Å². The Morgan fingerprint density at radius 1 is 1.10 bits per heavy atom. The molecule has 1 aromatic rings. The van der Waals surface area contributed by atoms with Crippen molar-refractivity contribution in [1.82, 2.24) is 9.88 Å². The van der Waals surface area contributed by atoms with Gasteiger partial charge in [-0.05, 0) is 37.0 Å². The van der Waals surface area contributed by atoms with Crippen LogP contribution >= 0.6 is 23.1 Å². The average molecular weight is 435 g/mol. The molecule has 1 aromatic heterocycles. The van der Waals surface area contributed by atoms with Gasteiger partial charge in [0.2, 0.25) is 11.8 Å². The second kappa shape index (κ2) is 5.97. The van der Waals surface area contributed by atoms with E-state index in [1.807, 2.05) is 0 Å². The molecular weight excluding hydrogens is 412 g/mol. The molecule has 29 heavy (non-hydrogen) atoms. The summed E-state index contributed by atoms with van der Waals surface area (Å²) in [7, 11) is 0. The van der Waals surface area contributed by atoms with E-state index >= 15 is 0 Å². The highest BCUT2D eigenvalue weighted by molar-refractivity contribution is 8.00. The number of amides is 2. The van der Waals surface area contributed by atoms with Crippen LogP contribution in [0.5, 0.6) is 0 Å². The number of hydrogen-bond acceptors (Lipinski definition) is 6. The van der Waals surface area contributed by atoms with E-state index in [2.05, 4.69) is 4.98 Å². The molecular formula is C20H22N2O5S2. The quantitative estimate of drug-likeness (QED) is 0.690. The van der Waals surface area contributed by atoms with Gasteiger partial charge in [-0.2, -0.15) is 0 Å². The van der Waals surface area contributed by atoms with Crippen molar-refractivity contribution in [3.63, 3.8) is 0 Å². The predicted molar refractivity (Wildman–Crippen MR) is 106 cm³/mol. The Balaban J connectivity index is 1.45. The molecule has 2 aliphatic heterocycles. The molecule has 1 saturated heterocycles. The zero-order valence-electron chi connectivity index (χ0n) is 15.8. The van der Waals surface area contributed by atoms with E-state index in [0.717, 1.165) is 42.0 Å². The fraction of sp³-hybridized carbons (Fsp3) is 0.700. The van der Waals surface area contributed by atoms with Gasteiger partial charge in [-0.25, -0.2) is 0 Å². The molecule has 6 rings (SSSR count). The largest absolute Gasteiger partial charge is 0.480 e. The number of nitrogens with zero attached hydrogens (tertiary/aromatic N) is 1. The van der Waals surface area contributed by atoms with Crippen molar-refractivity contribution in [3.05, 3.63) is 14.5 Å². The van der Waals surface area contributed by atoms with Gasteiger partial charge < -0.3 is 10.1 Å². The Morgan fingerprint density at radius 3 is 2.48 bits per heavy atom. The highest BCUT2D eigenvalue weighted by atomic mass is 32.2. The molecule has 7 nitrogen and oxygen atoms in total. The van der Waals surface area contributed by atoms with Crippen LogP contribution in [-0.4, -0.2) is 44.6 Å². The van der Waals surface area contributed by atoms with Crippen molar-refractivity contribution in [2.45, 2.75) is 54.2 Å². The van der Waals surface area contributed by atoms with Crippen LogP contribution in [0.4, 0.5) is 0 Å². The Kier molecular flexibility index (Phi) is 3.74. The first-order valence-corrected chi connectivity index (χ1v) is 12.1. The van der Waals surface area contributed by atoms with Crippen LogP contribution in [0.2, 0.25) is 0 Å². The number of carbonyl (C=O) groups is 3. The van der Waals surface area contributed by atoms with E-state index < -0.39 is 12.5 Å². The maximum absolute atomic E-state index is 13.1. The zero-order valence-corrected chi connectivity index (χ0v) is 17.4. The van der Waals surface area contributed by atoms with Gasteiger partial charge in [0.25, 0.3) is 0 Å². The number of carboxylic acids is 1. The minimum atomic E-state index is -1.14. The maximum Gasteiger partial charge on any atom is 0.323 e. The van der Waals surface area contributed by atoms with E-state index in [4.69, 9.17) is 5.11 Å². The lowest BCUT2D eigenvalue weighted by Crippen LogP contribution is -2.51. The number of aromatic amines is 1. The van der Waals surface area contributed by atoms with Gasteiger partial charge in [-0.15, -0.1) is 11.8 Å². The van der Waals surface area contributed by atoms with E-state index in [1.54, 1.807) is 11.8 Å². The fourth-order valence-electron chi connectivity index (χ4n) is 7.43. The number of carboxylic acid groups (broad SMARTS) is 1. The summed E-state index contributed by atoms with van der Waals surface area (Å²) in [5, 5.41) is 10.4. The highest BCUT2D eigenvalue weighted by Crippen LogP contribution is 2.71. The van der Waals surface area contributed by atoms with E-state index in [1.165, 1.54) is 22.6 Å². The van der Waals surface area contributed by atoms with Crippen molar-refractivity contribution in [1.29, 1.82) is 0 Å². The molecule has 1 spiro atoms. The van der Waals surface area contributed by atoms with Crippen LogP contribution in [0.1, 0.15) is 43.4 Å². The van der Waals surface area contributed by atoms with Crippen molar-refractivity contribution in [2.75, 3.05) is 6.54 Å². The minimum Gasteiger partial charge on any atom is -0.480 e. The second-order valence-corrected chi connectivity index (χ2v) is 11.4. The number of nitrogens with one attached hydrogen (secondary N) is 1. The zero-order chi connectivity index (χ0) is 20.1. The molecule has 154 valence electrons. The van der Waals surface area contributed by atoms with Crippen molar-refractivity contribution >= 4 is 40.9 Å². The molecule has 2 N–H and O–H groups in total. The number of thioether (sulfide) groups is 1. The van der Waals surface area contributed by atoms with E-state index in [0.29, 0.717) is 5.92 Å². The predicted octanol–water partition coefficient (Wildman–Crippen LogP) is 2.06. The third-order valence-corrected chi connectivity index (χ3v) is 10.9. The number of rotatable bonds is 2. The number of likely N-dealkylation sites (tertiary alicyclic amines) is 1. The maximum atomic E-state index is 13.1. The number of fused-ring (bicyclic) bond motifs is 11. The summed E-state index contributed by atoms with van der Waals surface area (Å²) in [4.78, 5) is 54.7. The molecule has 9 heteroatoms. The van der Waals surface area contributed by atoms with Gasteiger partial charge >= 0.3 is 10.8 Å². The van der Waals surface area contributed by atoms with Gasteiger partial charge in [0, 0.05) is 15.5 Å². The lowest BCUT2D eigenvalue weighted by atomic mass is 9.57. The Hall–Kier alpha value is -1.61. The first kappa shape index (κ1) is 18.2. The van der Waals surface area contributed by atoms with Crippen LogP contribution in [0.3, 0.4) is 0 Å². The normalized spacial score (nSPS) is 39.0. The van der Waals surface area contributed by atoms with Gasteiger partial charge in [-0.1, -0.05) is 30.6 Å². The molecule has 3 aliphatic carbocycles. The Morgan fingerprint density at radius 2 is 1.79 bits per heavy atom. The Labute approximate surface area is 175 Å². The summed E-state index contributed by atoms with van der Waals surface area (Å²) in [6.07, 6.45) is 6.40. The summed E-state index contributed by atoms with van der Waals surface area (Å²) in [6.45, 7) is -0.529. The number of thiazole rings is 1. The first-order chi connectivity index (χ1) is 13.9. The number of carbonyl (C=O) groups excluding carboxylic acids is 2. The molecule has 2 bridgehead atoms. The topological polar surface area (TPSA) is 108 Å². The van der Waals surface area contributed by atoms with E-state index in [9.17, 15) is 19.2 Å². The third-order valence-electron chi connectivity index (χ3n) is 8.19. The smallest absolute Gasteiger partial charge is 0.323 e. The molecule has 5 aliphatic rings. The van der Waals surface area contributed by atoms with Crippen molar-refractivity contribution in [3.8, 4) is 0 Å². The van der Waals surface area contributed by atoms with Crippen molar-refractivity contribution < 1.29 is 19.5 Å².